The summed E-state index contributed by atoms with van der Waals surface area (Å²) in [6, 6.07) is 13.0. The van der Waals surface area contributed by atoms with Crippen molar-refractivity contribution in [3.8, 4) is 0 Å². The van der Waals surface area contributed by atoms with Crippen LogP contribution < -0.4 is 5.32 Å². The molecule has 5 heteroatoms. The summed E-state index contributed by atoms with van der Waals surface area (Å²) in [5.41, 5.74) is 5.15. The Hall–Kier alpha value is -2.40. The van der Waals surface area contributed by atoms with Crippen molar-refractivity contribution < 1.29 is 9.00 Å². The van der Waals surface area contributed by atoms with Gasteiger partial charge in [0.05, 0.1) is 0 Å². The number of hydrogen-bond donors (Lipinski definition) is 2. The van der Waals surface area contributed by atoms with E-state index in [1.54, 1.807) is 30.5 Å². The minimum atomic E-state index is -1.03. The van der Waals surface area contributed by atoms with Crippen molar-refractivity contribution in [1.82, 2.24) is 10.3 Å². The SMILES string of the molecule is Cc1[nH]c2ccc(CNC(=O)c3ccc(S(C)=O)cc3)cc2c1C. The Balaban J connectivity index is 1.71. The summed E-state index contributed by atoms with van der Waals surface area (Å²) in [5.74, 6) is -0.134. The van der Waals surface area contributed by atoms with Crippen LogP contribution in [-0.2, 0) is 17.3 Å². The van der Waals surface area contributed by atoms with Gasteiger partial charge in [-0.2, -0.15) is 0 Å². The predicted octanol–water partition coefficient (Wildman–Crippen LogP) is 3.45. The molecule has 3 aromatic rings. The first-order valence-corrected chi connectivity index (χ1v) is 9.31. The number of benzene rings is 2. The number of fused-ring (bicyclic) bond motifs is 1. The van der Waals surface area contributed by atoms with E-state index in [1.165, 1.54) is 16.6 Å². The van der Waals surface area contributed by atoms with Gasteiger partial charge in [0.1, 0.15) is 0 Å². The number of carbonyl (C=O) groups excluding carboxylic acids is 1. The maximum Gasteiger partial charge on any atom is 0.251 e. The monoisotopic (exact) mass is 340 g/mol. The summed E-state index contributed by atoms with van der Waals surface area (Å²) in [6.45, 7) is 4.62. The maximum atomic E-state index is 12.2. The molecule has 4 nitrogen and oxygen atoms in total. The number of nitrogens with one attached hydrogen (secondary N) is 2. The Morgan fingerprint density at radius 3 is 2.50 bits per heavy atom. The van der Waals surface area contributed by atoms with Crippen molar-refractivity contribution in [2.45, 2.75) is 25.3 Å². The Morgan fingerprint density at radius 1 is 1.12 bits per heavy atom. The van der Waals surface area contributed by atoms with Gasteiger partial charge >= 0.3 is 0 Å². The van der Waals surface area contributed by atoms with Gasteiger partial charge in [-0.15, -0.1) is 0 Å². The summed E-state index contributed by atoms with van der Waals surface area (Å²) in [7, 11) is -1.03. The van der Waals surface area contributed by atoms with E-state index in [2.05, 4.69) is 30.2 Å². The first-order chi connectivity index (χ1) is 11.5. The second-order valence-corrected chi connectivity index (χ2v) is 7.30. The van der Waals surface area contributed by atoms with Crippen LogP contribution in [0, 0.1) is 13.8 Å². The summed E-state index contributed by atoms with van der Waals surface area (Å²) >= 11 is 0. The van der Waals surface area contributed by atoms with Crippen molar-refractivity contribution >= 4 is 27.6 Å². The number of H-pyrrole nitrogens is 1. The van der Waals surface area contributed by atoms with Gasteiger partial charge in [0.25, 0.3) is 5.91 Å². The van der Waals surface area contributed by atoms with Gasteiger partial charge in [-0.1, -0.05) is 6.07 Å². The van der Waals surface area contributed by atoms with Gasteiger partial charge in [-0.25, -0.2) is 0 Å². The number of aromatic nitrogens is 1. The fourth-order valence-corrected chi connectivity index (χ4v) is 3.22. The number of amides is 1. The molecular formula is C19H20N2O2S. The van der Waals surface area contributed by atoms with E-state index < -0.39 is 10.8 Å². The molecule has 124 valence electrons. The third kappa shape index (κ3) is 3.26. The van der Waals surface area contributed by atoms with Crippen LogP contribution in [0.1, 0.15) is 27.2 Å². The van der Waals surface area contributed by atoms with Crippen LogP contribution in [0.5, 0.6) is 0 Å². The highest BCUT2D eigenvalue weighted by Crippen LogP contribution is 2.22. The van der Waals surface area contributed by atoms with E-state index in [9.17, 15) is 9.00 Å². The van der Waals surface area contributed by atoms with E-state index in [4.69, 9.17) is 0 Å². The average Bonchev–Trinajstić information content (AvgIpc) is 2.87. The van der Waals surface area contributed by atoms with Gasteiger partial charge in [0, 0.05) is 50.7 Å². The highest BCUT2D eigenvalue weighted by molar-refractivity contribution is 7.84. The molecular weight excluding hydrogens is 320 g/mol. The lowest BCUT2D eigenvalue weighted by molar-refractivity contribution is 0.0951. The lowest BCUT2D eigenvalue weighted by atomic mass is 10.1. The first-order valence-electron chi connectivity index (χ1n) is 7.75. The van der Waals surface area contributed by atoms with E-state index in [0.29, 0.717) is 12.1 Å². The fraction of sp³-hybridized carbons (Fsp3) is 0.211. The standard InChI is InChI=1S/C19H20N2O2S/c1-12-13(2)21-18-9-4-14(10-17(12)18)11-20-19(22)15-5-7-16(8-6-15)24(3)23/h4-10,21H,11H2,1-3H3,(H,20,22). The largest absolute Gasteiger partial charge is 0.358 e. The third-order valence-electron chi connectivity index (χ3n) is 4.27. The summed E-state index contributed by atoms with van der Waals surface area (Å²) < 4.78 is 11.4. The Kier molecular flexibility index (Phi) is 4.53. The number of aromatic amines is 1. The Labute approximate surface area is 143 Å². The molecule has 2 N–H and O–H groups in total. The lowest BCUT2D eigenvalue weighted by Crippen LogP contribution is -2.22. The predicted molar refractivity (Wildman–Crippen MR) is 97.7 cm³/mol. The molecule has 24 heavy (non-hydrogen) atoms. The molecule has 1 amide bonds. The third-order valence-corrected chi connectivity index (χ3v) is 5.21. The van der Waals surface area contributed by atoms with Crippen LogP contribution in [0.15, 0.2) is 47.4 Å². The number of aryl methyl sites for hydroxylation is 2. The van der Waals surface area contributed by atoms with E-state index in [-0.39, 0.29) is 5.91 Å². The quantitative estimate of drug-likeness (QED) is 0.764. The van der Waals surface area contributed by atoms with E-state index in [1.807, 2.05) is 12.1 Å². The van der Waals surface area contributed by atoms with Crippen LogP contribution in [0.4, 0.5) is 0 Å². The van der Waals surface area contributed by atoms with Gasteiger partial charge in [-0.3, -0.25) is 9.00 Å². The molecule has 1 aromatic heterocycles. The second-order valence-electron chi connectivity index (χ2n) is 5.92. The molecule has 1 unspecified atom stereocenters. The smallest absolute Gasteiger partial charge is 0.251 e. The number of carbonyl (C=O) groups is 1. The Bertz CT molecular complexity index is 926. The molecule has 1 heterocycles. The van der Waals surface area contributed by atoms with Crippen LogP contribution in [0.2, 0.25) is 0 Å². The lowest BCUT2D eigenvalue weighted by Gasteiger charge is -2.06. The minimum absolute atomic E-state index is 0.134. The van der Waals surface area contributed by atoms with Crippen molar-refractivity contribution in [2.24, 2.45) is 0 Å². The zero-order chi connectivity index (χ0) is 17.3. The van der Waals surface area contributed by atoms with Crippen molar-refractivity contribution in [3.05, 3.63) is 64.8 Å². The molecule has 1 atom stereocenters. The van der Waals surface area contributed by atoms with Crippen molar-refractivity contribution in [1.29, 1.82) is 0 Å². The van der Waals surface area contributed by atoms with Gasteiger partial charge in [0.15, 0.2) is 0 Å². The summed E-state index contributed by atoms with van der Waals surface area (Å²) in [4.78, 5) is 16.3. The molecule has 0 spiro atoms. The molecule has 0 fully saturated rings. The topological polar surface area (TPSA) is 62.0 Å². The molecule has 0 bridgehead atoms. The summed E-state index contributed by atoms with van der Waals surface area (Å²) in [5, 5.41) is 4.12. The second kappa shape index (κ2) is 6.61. The summed E-state index contributed by atoms with van der Waals surface area (Å²) in [6.07, 6.45) is 1.62. The maximum absolute atomic E-state index is 12.2. The minimum Gasteiger partial charge on any atom is -0.358 e. The highest BCUT2D eigenvalue weighted by atomic mass is 32.2. The molecule has 0 aliphatic rings. The van der Waals surface area contributed by atoms with Crippen LogP contribution >= 0.6 is 0 Å². The average molecular weight is 340 g/mol. The van der Waals surface area contributed by atoms with Gasteiger partial charge < -0.3 is 10.3 Å². The molecule has 0 aliphatic heterocycles. The molecule has 3 rings (SSSR count). The van der Waals surface area contributed by atoms with Crippen LogP contribution in [-0.4, -0.2) is 21.4 Å². The van der Waals surface area contributed by atoms with E-state index >= 15 is 0 Å². The molecule has 0 radical (unpaired) electrons. The van der Waals surface area contributed by atoms with Gasteiger partial charge in [0.2, 0.25) is 0 Å². The van der Waals surface area contributed by atoms with E-state index in [0.717, 1.165) is 16.0 Å². The highest BCUT2D eigenvalue weighted by Gasteiger charge is 2.08. The molecule has 2 aromatic carbocycles. The molecule has 0 saturated carbocycles. The fourth-order valence-electron chi connectivity index (χ4n) is 2.70. The zero-order valence-corrected chi connectivity index (χ0v) is 14.8. The van der Waals surface area contributed by atoms with Gasteiger partial charge in [-0.05, 0) is 61.4 Å². The number of rotatable bonds is 4. The molecule has 0 aliphatic carbocycles. The van der Waals surface area contributed by atoms with Crippen LogP contribution in [0.25, 0.3) is 10.9 Å². The first kappa shape index (κ1) is 16.5. The zero-order valence-electron chi connectivity index (χ0n) is 14.0. The van der Waals surface area contributed by atoms with Crippen molar-refractivity contribution in [3.63, 3.8) is 0 Å². The molecule has 0 saturated heterocycles. The van der Waals surface area contributed by atoms with Crippen molar-refractivity contribution in [2.75, 3.05) is 6.26 Å². The number of hydrogen-bond acceptors (Lipinski definition) is 2. The Morgan fingerprint density at radius 2 is 1.83 bits per heavy atom. The normalized spacial score (nSPS) is 12.3. The van der Waals surface area contributed by atoms with Crippen LogP contribution in [0.3, 0.4) is 0 Å².